The predicted molar refractivity (Wildman–Crippen MR) is 249 cm³/mol. The molecule has 0 aliphatic heterocycles. The molecule has 3 aromatic carbocycles. The van der Waals surface area contributed by atoms with Gasteiger partial charge in [-0.2, -0.15) is 0 Å². The summed E-state index contributed by atoms with van der Waals surface area (Å²) in [4.78, 5) is 0. The van der Waals surface area contributed by atoms with Crippen LogP contribution in [0, 0.1) is 0 Å². The van der Waals surface area contributed by atoms with Crippen LogP contribution in [-0.4, -0.2) is 7.05 Å². The van der Waals surface area contributed by atoms with Gasteiger partial charge in [0, 0.05) is 5.69 Å². The normalized spacial score (nSPS) is 22.0. The average Bonchev–Trinajstić information content (AvgIpc) is 3.86. The lowest BCUT2D eigenvalue weighted by Crippen LogP contribution is -2.31. The minimum atomic E-state index is -0.300. The Bertz CT molecular complexity index is 2160. The molecule has 0 amide bonds. The van der Waals surface area contributed by atoms with Gasteiger partial charge in [-0.25, -0.2) is 0 Å². The Kier molecular flexibility index (Phi) is 16.9. The second kappa shape index (κ2) is 22.2. The van der Waals surface area contributed by atoms with Crippen LogP contribution in [0.25, 0.3) is 22.3 Å². The number of rotatable bonds is 4. The lowest BCUT2D eigenvalue weighted by atomic mass is 9.63. The van der Waals surface area contributed by atoms with Gasteiger partial charge in [0.05, 0.1) is 5.41 Å². The highest BCUT2D eigenvalue weighted by Gasteiger charge is 2.48. The summed E-state index contributed by atoms with van der Waals surface area (Å²) in [7, 11) is 1.50. The molecule has 5 aliphatic rings. The number of para-hydroxylation sites is 1. The van der Waals surface area contributed by atoms with Gasteiger partial charge in [0.15, 0.2) is 0 Å². The molecule has 0 atom stereocenters. The summed E-state index contributed by atoms with van der Waals surface area (Å²) in [6.45, 7) is 11.5. The quantitative estimate of drug-likeness (QED) is 0.207. The van der Waals surface area contributed by atoms with Crippen LogP contribution >= 0.6 is 0 Å². The van der Waals surface area contributed by atoms with Gasteiger partial charge in [-0.05, 0) is 125 Å². The standard InChI is InChI=1S/C40H32.C6H7N.C5H8.C2H6.CH5N/c1-2-30(26-29-14-9-10-15-29)31-16-13-17-32(27-31)33-24-25-37-36-22-11-12-23-38(36)40(39(37)28-33)34-18-5-3-6-19-35(40)21-8-4-7-20-34;7-6-4-2-1-3-5-6;1-3-5-4-2;2*1-2/h2-11,13-22,24-28H,12,23H2,1H3;1-5H,7H2;3-5H,1H2,2H3;1-2H3;2H2,1H3/b5-3-,6-3?,7-4?,8-4-,18-5?,19-6-,20-7-,21-8?,30-2+,34-18-,34-20?,35-19?,35-21-;;5-4-;;. The molecule has 0 saturated carbocycles. The van der Waals surface area contributed by atoms with Crippen molar-refractivity contribution in [1.29, 1.82) is 0 Å². The molecule has 56 heavy (non-hydrogen) atoms. The van der Waals surface area contributed by atoms with Crippen molar-refractivity contribution in [2.24, 2.45) is 5.73 Å². The van der Waals surface area contributed by atoms with Crippen LogP contribution in [0.2, 0.25) is 0 Å². The highest BCUT2D eigenvalue weighted by atomic mass is 14.5. The zero-order chi connectivity index (χ0) is 40.2. The molecule has 1 spiro atoms. The number of hydrogen-bond acceptors (Lipinski definition) is 2. The molecular formula is C54H58N2. The second-order valence-electron chi connectivity index (χ2n) is 12.9. The molecule has 2 nitrogen and oxygen atoms in total. The van der Waals surface area contributed by atoms with E-state index in [1.165, 1.54) is 68.3 Å². The van der Waals surface area contributed by atoms with E-state index in [2.05, 4.69) is 171 Å². The van der Waals surface area contributed by atoms with Crippen molar-refractivity contribution < 1.29 is 0 Å². The first-order valence-corrected chi connectivity index (χ1v) is 19.7. The molecule has 2 heteroatoms. The Morgan fingerprint density at radius 2 is 1.34 bits per heavy atom. The molecule has 4 N–H and O–H groups in total. The van der Waals surface area contributed by atoms with Crippen molar-refractivity contribution >= 4 is 16.8 Å². The Balaban J connectivity index is 0.000000370. The van der Waals surface area contributed by atoms with Crippen LogP contribution < -0.4 is 11.5 Å². The summed E-state index contributed by atoms with van der Waals surface area (Å²) in [6, 6.07) is 25.6. The van der Waals surface area contributed by atoms with Gasteiger partial charge in [0.25, 0.3) is 0 Å². The van der Waals surface area contributed by atoms with Gasteiger partial charge in [-0.15, -0.1) is 0 Å². The maximum absolute atomic E-state index is 5.36. The third-order valence-electron chi connectivity index (χ3n) is 9.73. The molecule has 0 fully saturated rings. The average molecular weight is 735 g/mol. The maximum atomic E-state index is 5.36. The second-order valence-corrected chi connectivity index (χ2v) is 12.9. The molecule has 0 aromatic heterocycles. The van der Waals surface area contributed by atoms with Crippen molar-refractivity contribution in [2.75, 3.05) is 12.8 Å². The number of nitrogen functional groups attached to an aromatic ring is 1. The van der Waals surface area contributed by atoms with E-state index in [1.807, 2.05) is 63.3 Å². The van der Waals surface area contributed by atoms with Crippen LogP contribution in [0.5, 0.6) is 0 Å². The molecule has 0 radical (unpaired) electrons. The van der Waals surface area contributed by atoms with Gasteiger partial charge < -0.3 is 11.5 Å². The van der Waals surface area contributed by atoms with E-state index in [9.17, 15) is 0 Å². The van der Waals surface area contributed by atoms with E-state index in [0.29, 0.717) is 0 Å². The van der Waals surface area contributed by atoms with Crippen LogP contribution in [-0.2, 0) is 5.41 Å². The van der Waals surface area contributed by atoms with E-state index in [0.717, 1.165) is 18.5 Å². The van der Waals surface area contributed by atoms with E-state index in [-0.39, 0.29) is 5.41 Å². The van der Waals surface area contributed by atoms with Crippen molar-refractivity contribution in [3.63, 3.8) is 0 Å². The third kappa shape index (κ3) is 9.90. The monoisotopic (exact) mass is 734 g/mol. The van der Waals surface area contributed by atoms with Crippen molar-refractivity contribution in [3.8, 4) is 11.1 Å². The number of benzene rings is 3. The Hall–Kier alpha value is -6.22. The third-order valence-corrected chi connectivity index (χ3v) is 9.73. The molecule has 0 heterocycles. The minimum absolute atomic E-state index is 0.300. The van der Waals surface area contributed by atoms with Gasteiger partial charge >= 0.3 is 0 Å². The zero-order valence-corrected chi connectivity index (χ0v) is 33.8. The number of fused-ring (bicyclic) bond motifs is 2. The summed E-state index contributed by atoms with van der Waals surface area (Å²) in [6.07, 6.45) is 47.7. The molecule has 284 valence electrons. The summed E-state index contributed by atoms with van der Waals surface area (Å²) in [5.74, 6) is 0. The first-order valence-electron chi connectivity index (χ1n) is 19.7. The van der Waals surface area contributed by atoms with Gasteiger partial charge in [0.1, 0.15) is 0 Å². The first kappa shape index (κ1) is 42.5. The van der Waals surface area contributed by atoms with Crippen LogP contribution in [0.4, 0.5) is 5.69 Å². The Morgan fingerprint density at radius 1 is 0.696 bits per heavy atom. The van der Waals surface area contributed by atoms with Gasteiger partial charge in [-0.1, -0.05) is 190 Å². The summed E-state index contributed by atoms with van der Waals surface area (Å²) < 4.78 is 0. The largest absolute Gasteiger partial charge is 0.399 e. The van der Waals surface area contributed by atoms with Crippen molar-refractivity contribution in [2.45, 2.75) is 46.0 Å². The molecular weight excluding hydrogens is 677 g/mol. The van der Waals surface area contributed by atoms with Crippen LogP contribution in [0.1, 0.15) is 57.2 Å². The fourth-order valence-electron chi connectivity index (χ4n) is 7.41. The fourth-order valence-corrected chi connectivity index (χ4v) is 7.41. The minimum Gasteiger partial charge on any atom is -0.399 e. The summed E-state index contributed by atoms with van der Waals surface area (Å²) >= 11 is 0. The maximum Gasteiger partial charge on any atom is 0.0676 e. The Labute approximate surface area is 337 Å². The van der Waals surface area contributed by atoms with E-state index in [1.54, 1.807) is 6.08 Å². The fraction of sp³-hybridized carbons (Fsp3) is 0.148. The number of allylic oxidation sites excluding steroid dienone is 27. The van der Waals surface area contributed by atoms with Crippen molar-refractivity contribution in [3.05, 3.63) is 246 Å². The lowest BCUT2D eigenvalue weighted by molar-refractivity contribution is 0.693. The van der Waals surface area contributed by atoms with Gasteiger partial charge in [0.2, 0.25) is 0 Å². The molecule has 8 rings (SSSR count). The van der Waals surface area contributed by atoms with Crippen LogP contribution in [0.15, 0.2) is 229 Å². The van der Waals surface area contributed by atoms with E-state index in [4.69, 9.17) is 5.73 Å². The number of hydrogen-bond donors (Lipinski definition) is 2. The first-order chi connectivity index (χ1) is 27.6. The zero-order valence-electron chi connectivity index (χ0n) is 33.8. The van der Waals surface area contributed by atoms with Crippen molar-refractivity contribution in [1.82, 2.24) is 0 Å². The van der Waals surface area contributed by atoms with E-state index >= 15 is 0 Å². The highest BCUT2D eigenvalue weighted by Crippen LogP contribution is 2.59. The molecule has 2 bridgehead atoms. The topological polar surface area (TPSA) is 52.0 Å². The molecule has 0 saturated heterocycles. The molecule has 3 aromatic rings. The lowest BCUT2D eigenvalue weighted by Gasteiger charge is -2.38. The van der Waals surface area contributed by atoms with Gasteiger partial charge in [-0.3, -0.25) is 0 Å². The smallest absolute Gasteiger partial charge is 0.0676 e. The number of anilines is 1. The highest BCUT2D eigenvalue weighted by molar-refractivity contribution is 5.93. The molecule has 0 unspecified atom stereocenters. The predicted octanol–water partition coefficient (Wildman–Crippen LogP) is 13.9. The summed E-state index contributed by atoms with van der Waals surface area (Å²) in [5.41, 5.74) is 24.9. The van der Waals surface area contributed by atoms with E-state index < -0.39 is 0 Å². The molecule has 5 aliphatic carbocycles. The van der Waals surface area contributed by atoms with Crippen LogP contribution in [0.3, 0.4) is 0 Å². The number of nitrogens with two attached hydrogens (primary N) is 2. The summed E-state index contributed by atoms with van der Waals surface area (Å²) in [5, 5.41) is 0. The SMILES string of the molecule is C/C=C(\C=C1C=CC=C1)c1cccc(-c2ccc3c(c2)C2(C4=C3C=CCC4)C3=C\C=C/C=C\C2=C\C=C/C=C\3)c1.C=C/C=C\C.CC.CN.Nc1ccccc1. The Morgan fingerprint density at radius 3 is 1.91 bits per heavy atom.